The third kappa shape index (κ3) is 59.8. The summed E-state index contributed by atoms with van der Waals surface area (Å²) in [6, 6.07) is -0.623. The number of nitrogens with one attached hydrogen (secondary N) is 1. The summed E-state index contributed by atoms with van der Waals surface area (Å²) in [5.41, 5.74) is 0. The van der Waals surface area contributed by atoms with Gasteiger partial charge in [0.1, 0.15) is 0 Å². The van der Waals surface area contributed by atoms with Crippen LogP contribution in [0.2, 0.25) is 0 Å². The Morgan fingerprint density at radius 1 is 0.365 bits per heavy atom. The van der Waals surface area contributed by atoms with E-state index in [2.05, 4.69) is 19.2 Å². The fourth-order valence-corrected chi connectivity index (χ4v) is 10.9. The van der Waals surface area contributed by atoms with E-state index in [0.717, 1.165) is 38.5 Å². The second-order valence-corrected chi connectivity index (χ2v) is 23.5. The Hall–Kier alpha value is -1.40. The van der Waals surface area contributed by atoms with E-state index >= 15 is 0 Å². The Kier molecular flexibility index (Phi) is 62.9. The van der Waals surface area contributed by atoms with Crippen LogP contribution in [0.3, 0.4) is 0 Å². The van der Waals surface area contributed by atoms with Gasteiger partial charge < -0.3 is 20.3 Å². The molecule has 2 unspecified atom stereocenters. The minimum Gasteiger partial charge on any atom is -0.466 e. The number of esters is 1. The minimum atomic E-state index is -0.840. The Balaban J connectivity index is 3.31. The molecule has 0 spiro atoms. The summed E-state index contributed by atoms with van der Waals surface area (Å²) in [4.78, 5) is 24.5. The first-order valence-corrected chi connectivity index (χ1v) is 34.0. The van der Waals surface area contributed by atoms with E-state index in [1.807, 2.05) is 6.08 Å². The molecule has 0 rings (SSSR count). The number of unbranched alkanes of at least 4 members (excludes halogenated alkanes) is 53. The molecule has 6 heteroatoms. The molecule has 2 atom stereocenters. The number of hydrogen-bond donors (Lipinski definition) is 3. The van der Waals surface area contributed by atoms with Crippen LogP contribution < -0.4 is 5.32 Å². The van der Waals surface area contributed by atoms with E-state index in [1.54, 1.807) is 6.08 Å². The normalized spacial score (nSPS) is 12.5. The smallest absolute Gasteiger partial charge is 0.305 e. The van der Waals surface area contributed by atoms with Gasteiger partial charge in [0.25, 0.3) is 0 Å². The van der Waals surface area contributed by atoms with Gasteiger partial charge in [0.05, 0.1) is 25.4 Å². The van der Waals surface area contributed by atoms with Crippen molar-refractivity contribution in [1.82, 2.24) is 5.32 Å². The van der Waals surface area contributed by atoms with E-state index in [0.29, 0.717) is 19.4 Å². The van der Waals surface area contributed by atoms with Crippen molar-refractivity contribution in [1.29, 1.82) is 0 Å². The lowest BCUT2D eigenvalue weighted by Crippen LogP contribution is -2.45. The number of carbonyl (C=O) groups excluding carboxylic acids is 2. The second kappa shape index (κ2) is 64.1. The molecular weight excluding hydrogens is 911 g/mol. The molecule has 6 nitrogen and oxygen atoms in total. The largest absolute Gasteiger partial charge is 0.466 e. The zero-order valence-corrected chi connectivity index (χ0v) is 50.4. The van der Waals surface area contributed by atoms with Crippen LogP contribution in [0, 0.1) is 0 Å². The molecule has 1 amide bonds. The van der Waals surface area contributed by atoms with Gasteiger partial charge in [-0.3, -0.25) is 9.59 Å². The first kappa shape index (κ1) is 72.6. The molecule has 0 aliphatic carbocycles. The van der Waals surface area contributed by atoms with Crippen molar-refractivity contribution in [3.8, 4) is 0 Å². The van der Waals surface area contributed by atoms with Crippen LogP contribution in [0.4, 0.5) is 0 Å². The highest BCUT2D eigenvalue weighted by Crippen LogP contribution is 2.19. The van der Waals surface area contributed by atoms with Crippen LogP contribution in [0.1, 0.15) is 386 Å². The minimum absolute atomic E-state index is 0.0233. The summed E-state index contributed by atoms with van der Waals surface area (Å²) in [6.45, 7) is 4.93. The van der Waals surface area contributed by atoms with Crippen molar-refractivity contribution < 1.29 is 24.5 Å². The number of amides is 1. The van der Waals surface area contributed by atoms with Gasteiger partial charge in [0.15, 0.2) is 0 Å². The molecule has 0 saturated carbocycles. The third-order valence-electron chi connectivity index (χ3n) is 16.1. The maximum Gasteiger partial charge on any atom is 0.305 e. The highest BCUT2D eigenvalue weighted by molar-refractivity contribution is 5.76. The Labute approximate surface area is 463 Å². The standard InChI is InChI=1S/C68H133NO5/c1-3-5-7-9-11-13-15-17-18-35-38-42-46-50-54-58-62-68(73)74-63-59-55-51-47-43-39-36-33-31-29-27-25-23-21-19-20-22-24-26-28-30-32-34-37-41-45-49-53-57-61-67(72)69-65(64-70)66(71)60-56-52-48-44-40-16-14-12-10-8-6-4-2/h56,60,65-66,70-71H,3-55,57-59,61-64H2,1-2H3,(H,69,72)/b60-56+. The molecule has 0 aromatic rings. The number of ether oxygens (including phenoxy) is 1. The van der Waals surface area contributed by atoms with Crippen LogP contribution in [-0.4, -0.2) is 47.4 Å². The quantitative estimate of drug-likeness (QED) is 0.0320. The Morgan fingerprint density at radius 2 is 0.622 bits per heavy atom. The number of hydrogen-bond acceptors (Lipinski definition) is 5. The predicted octanol–water partition coefficient (Wildman–Crippen LogP) is 21.6. The SMILES string of the molecule is CCCCCCCCCCCC/C=C/C(O)C(CO)NC(=O)CCCCCCCCCCCCCCCCCCCCCCCCCCCCCCCOC(=O)CCCCCCCCCCCCCCCCCC. The lowest BCUT2D eigenvalue weighted by atomic mass is 10.0. The first-order valence-electron chi connectivity index (χ1n) is 34.0. The maximum atomic E-state index is 12.4. The molecule has 0 radical (unpaired) electrons. The van der Waals surface area contributed by atoms with Gasteiger partial charge in [-0.25, -0.2) is 0 Å². The summed E-state index contributed by atoms with van der Waals surface area (Å²) in [5, 5.41) is 23.1. The molecule has 0 aliphatic rings. The number of aliphatic hydroxyl groups excluding tert-OH is 2. The van der Waals surface area contributed by atoms with Gasteiger partial charge in [0, 0.05) is 12.8 Å². The van der Waals surface area contributed by atoms with Crippen molar-refractivity contribution >= 4 is 11.9 Å². The van der Waals surface area contributed by atoms with Gasteiger partial charge in [-0.1, -0.05) is 353 Å². The molecule has 0 fully saturated rings. The molecule has 0 aromatic heterocycles. The van der Waals surface area contributed by atoms with Crippen molar-refractivity contribution in [2.45, 2.75) is 398 Å². The van der Waals surface area contributed by atoms with Gasteiger partial charge in [-0.05, 0) is 32.1 Å². The number of rotatable bonds is 64. The second-order valence-electron chi connectivity index (χ2n) is 23.5. The van der Waals surface area contributed by atoms with Crippen LogP contribution in [-0.2, 0) is 14.3 Å². The monoisotopic (exact) mass is 1040 g/mol. The highest BCUT2D eigenvalue weighted by Gasteiger charge is 2.18. The van der Waals surface area contributed by atoms with Gasteiger partial charge in [-0.15, -0.1) is 0 Å². The molecule has 0 aliphatic heterocycles. The summed E-state index contributed by atoms with van der Waals surface area (Å²) in [7, 11) is 0. The van der Waals surface area contributed by atoms with E-state index in [4.69, 9.17) is 4.74 Å². The van der Waals surface area contributed by atoms with Crippen molar-refractivity contribution in [2.75, 3.05) is 13.2 Å². The summed E-state index contributed by atoms with van der Waals surface area (Å²) < 4.78 is 5.50. The Bertz CT molecular complexity index is 1110. The van der Waals surface area contributed by atoms with Crippen molar-refractivity contribution in [3.63, 3.8) is 0 Å². The van der Waals surface area contributed by atoms with Crippen molar-refractivity contribution in [2.24, 2.45) is 0 Å². The van der Waals surface area contributed by atoms with Gasteiger partial charge >= 0.3 is 5.97 Å². The zero-order valence-electron chi connectivity index (χ0n) is 50.4. The lowest BCUT2D eigenvalue weighted by molar-refractivity contribution is -0.143. The summed E-state index contributed by atoms with van der Waals surface area (Å²) in [6.07, 6.45) is 78.6. The van der Waals surface area contributed by atoms with E-state index in [9.17, 15) is 19.8 Å². The maximum absolute atomic E-state index is 12.4. The molecule has 3 N–H and O–H groups in total. The lowest BCUT2D eigenvalue weighted by Gasteiger charge is -2.20. The molecule has 0 saturated heterocycles. The zero-order chi connectivity index (χ0) is 53.6. The predicted molar refractivity (Wildman–Crippen MR) is 324 cm³/mol. The molecule has 0 heterocycles. The average Bonchev–Trinajstić information content (AvgIpc) is 3.40. The van der Waals surface area contributed by atoms with Crippen molar-refractivity contribution in [3.05, 3.63) is 12.2 Å². The molecule has 0 aromatic carbocycles. The third-order valence-corrected chi connectivity index (χ3v) is 16.1. The average molecular weight is 1040 g/mol. The topological polar surface area (TPSA) is 95.9 Å². The fraction of sp³-hybridized carbons (Fsp3) is 0.941. The number of aliphatic hydroxyl groups is 2. The van der Waals surface area contributed by atoms with E-state index < -0.39 is 12.1 Å². The van der Waals surface area contributed by atoms with E-state index in [1.165, 1.54) is 321 Å². The summed E-state index contributed by atoms with van der Waals surface area (Å²) in [5.74, 6) is -0.0398. The first-order chi connectivity index (χ1) is 36.5. The van der Waals surface area contributed by atoms with Crippen LogP contribution in [0.15, 0.2) is 12.2 Å². The molecule has 440 valence electrons. The molecule has 0 bridgehead atoms. The highest BCUT2D eigenvalue weighted by atomic mass is 16.5. The number of allylic oxidation sites excluding steroid dienone is 1. The van der Waals surface area contributed by atoms with Crippen LogP contribution in [0.5, 0.6) is 0 Å². The van der Waals surface area contributed by atoms with Gasteiger partial charge in [0.2, 0.25) is 5.91 Å². The number of carbonyl (C=O) groups is 2. The van der Waals surface area contributed by atoms with Crippen LogP contribution in [0.25, 0.3) is 0 Å². The van der Waals surface area contributed by atoms with Crippen LogP contribution >= 0.6 is 0 Å². The van der Waals surface area contributed by atoms with Gasteiger partial charge in [-0.2, -0.15) is 0 Å². The van der Waals surface area contributed by atoms with E-state index in [-0.39, 0.29) is 18.5 Å². The molecule has 74 heavy (non-hydrogen) atoms. The Morgan fingerprint density at radius 3 is 0.919 bits per heavy atom. The fourth-order valence-electron chi connectivity index (χ4n) is 10.9. The summed E-state index contributed by atoms with van der Waals surface area (Å²) >= 11 is 0. The molecular formula is C68H133NO5.